The lowest BCUT2D eigenvalue weighted by molar-refractivity contribution is 0.405. The zero-order chi connectivity index (χ0) is 16.3. The molecule has 1 unspecified atom stereocenters. The van der Waals surface area contributed by atoms with Crippen molar-refractivity contribution in [3.05, 3.63) is 34.1 Å². The summed E-state index contributed by atoms with van der Waals surface area (Å²) in [6, 6.07) is 4.19. The molecule has 0 radical (unpaired) electrons. The first-order valence-electron chi connectivity index (χ1n) is 6.96. The fourth-order valence-corrected chi connectivity index (χ4v) is 3.15. The summed E-state index contributed by atoms with van der Waals surface area (Å²) in [5.41, 5.74) is 0.764. The van der Waals surface area contributed by atoms with Crippen LogP contribution in [-0.2, 0) is 16.3 Å². The third-order valence-corrected chi connectivity index (χ3v) is 6.84. The molecule has 1 aromatic carbocycles. The average molecular weight is 380 g/mol. The Bertz CT molecular complexity index is 587. The van der Waals surface area contributed by atoms with Gasteiger partial charge in [-0.25, -0.2) is 12.8 Å². The van der Waals surface area contributed by atoms with Gasteiger partial charge in [-0.3, -0.25) is 0 Å². The van der Waals surface area contributed by atoms with Gasteiger partial charge in [0.25, 0.3) is 0 Å². The minimum Gasteiger partial charge on any atom is -0.312 e. The van der Waals surface area contributed by atoms with Crippen LogP contribution < -0.4 is 5.32 Å². The predicted octanol–water partition coefficient (Wildman–Crippen LogP) is 3.32. The van der Waals surface area contributed by atoms with E-state index in [1.807, 2.05) is 6.92 Å². The number of sulfone groups is 1. The SMILES string of the molecule is CCCNC(Cc1cc(F)ccc1Br)C(C)(C)S(C)(=O)=O. The Hall–Kier alpha value is -0.460. The number of hydrogen-bond acceptors (Lipinski definition) is 3. The van der Waals surface area contributed by atoms with Crippen molar-refractivity contribution in [1.82, 2.24) is 5.32 Å². The number of nitrogens with one attached hydrogen (secondary N) is 1. The third-order valence-electron chi connectivity index (χ3n) is 3.87. The summed E-state index contributed by atoms with van der Waals surface area (Å²) >= 11 is 3.40. The van der Waals surface area contributed by atoms with Crippen molar-refractivity contribution in [2.24, 2.45) is 0 Å². The standard InChI is InChI=1S/C15H23BrFNO2S/c1-5-8-18-14(15(2,3)21(4,19)20)10-11-9-12(17)6-7-13(11)16/h6-7,9,14,18H,5,8,10H2,1-4H3. The molecule has 0 heterocycles. The molecule has 0 aromatic heterocycles. The largest absolute Gasteiger partial charge is 0.312 e. The molecule has 0 fully saturated rings. The van der Waals surface area contributed by atoms with E-state index in [1.165, 1.54) is 18.4 Å². The van der Waals surface area contributed by atoms with Crippen LogP contribution in [0.4, 0.5) is 4.39 Å². The van der Waals surface area contributed by atoms with Gasteiger partial charge in [0.2, 0.25) is 0 Å². The van der Waals surface area contributed by atoms with Gasteiger partial charge in [0.05, 0.1) is 4.75 Å². The molecule has 0 aliphatic carbocycles. The average Bonchev–Trinajstić information content (AvgIpc) is 2.36. The van der Waals surface area contributed by atoms with Crippen LogP contribution in [0.15, 0.2) is 22.7 Å². The summed E-state index contributed by atoms with van der Waals surface area (Å²) in [4.78, 5) is 0. The van der Waals surface area contributed by atoms with Gasteiger partial charge < -0.3 is 5.32 Å². The van der Waals surface area contributed by atoms with Crippen LogP contribution in [0, 0.1) is 5.82 Å². The molecule has 120 valence electrons. The lowest BCUT2D eigenvalue weighted by Crippen LogP contribution is -2.52. The van der Waals surface area contributed by atoms with Crippen molar-refractivity contribution in [2.45, 2.75) is 44.4 Å². The maximum absolute atomic E-state index is 13.4. The lowest BCUT2D eigenvalue weighted by Gasteiger charge is -2.34. The van der Waals surface area contributed by atoms with Crippen LogP contribution in [0.5, 0.6) is 0 Å². The Labute approximate surface area is 135 Å². The molecule has 0 spiro atoms. The van der Waals surface area contributed by atoms with Crippen molar-refractivity contribution in [3.63, 3.8) is 0 Å². The quantitative estimate of drug-likeness (QED) is 0.790. The highest BCUT2D eigenvalue weighted by molar-refractivity contribution is 9.10. The first-order valence-corrected chi connectivity index (χ1v) is 9.65. The van der Waals surface area contributed by atoms with E-state index in [9.17, 15) is 12.8 Å². The molecule has 0 saturated heterocycles. The molecule has 1 rings (SSSR count). The topological polar surface area (TPSA) is 46.2 Å². The van der Waals surface area contributed by atoms with Crippen LogP contribution in [0.25, 0.3) is 0 Å². The van der Waals surface area contributed by atoms with Crippen molar-refractivity contribution in [2.75, 3.05) is 12.8 Å². The molecule has 0 aliphatic heterocycles. The maximum atomic E-state index is 13.4. The number of rotatable bonds is 7. The zero-order valence-electron chi connectivity index (χ0n) is 12.9. The molecule has 0 aliphatic rings. The van der Waals surface area contributed by atoms with Crippen LogP contribution in [-0.4, -0.2) is 32.0 Å². The van der Waals surface area contributed by atoms with Gasteiger partial charge in [0.15, 0.2) is 9.84 Å². The molecule has 21 heavy (non-hydrogen) atoms. The first-order chi connectivity index (χ1) is 9.59. The van der Waals surface area contributed by atoms with Crippen LogP contribution >= 0.6 is 15.9 Å². The van der Waals surface area contributed by atoms with E-state index in [1.54, 1.807) is 19.9 Å². The highest BCUT2D eigenvalue weighted by atomic mass is 79.9. The molecule has 0 bridgehead atoms. The summed E-state index contributed by atoms with van der Waals surface area (Å²) in [5, 5.41) is 3.29. The van der Waals surface area contributed by atoms with E-state index >= 15 is 0 Å². The molecule has 1 atom stereocenters. The maximum Gasteiger partial charge on any atom is 0.154 e. The summed E-state index contributed by atoms with van der Waals surface area (Å²) in [7, 11) is -3.25. The van der Waals surface area contributed by atoms with Gasteiger partial charge in [0.1, 0.15) is 5.82 Å². The highest BCUT2D eigenvalue weighted by Gasteiger charge is 2.38. The first kappa shape index (κ1) is 18.6. The fourth-order valence-electron chi connectivity index (χ4n) is 2.06. The van der Waals surface area contributed by atoms with Crippen LogP contribution in [0.3, 0.4) is 0 Å². The van der Waals surface area contributed by atoms with Crippen molar-refractivity contribution in [3.8, 4) is 0 Å². The second-order valence-electron chi connectivity index (χ2n) is 5.82. The summed E-state index contributed by atoms with van der Waals surface area (Å²) in [5.74, 6) is -0.320. The molecule has 3 nitrogen and oxygen atoms in total. The molecule has 1 N–H and O–H groups in total. The Morgan fingerprint density at radius 2 is 2.00 bits per heavy atom. The number of hydrogen-bond donors (Lipinski definition) is 1. The molecular weight excluding hydrogens is 357 g/mol. The fraction of sp³-hybridized carbons (Fsp3) is 0.600. The van der Waals surface area contributed by atoms with Gasteiger partial charge in [-0.05, 0) is 57.0 Å². The van der Waals surface area contributed by atoms with Gasteiger partial charge in [-0.1, -0.05) is 22.9 Å². The zero-order valence-corrected chi connectivity index (χ0v) is 15.3. The summed E-state index contributed by atoms with van der Waals surface area (Å²) in [6.07, 6.45) is 2.59. The Balaban J connectivity index is 3.12. The molecule has 6 heteroatoms. The van der Waals surface area contributed by atoms with E-state index in [0.29, 0.717) is 6.42 Å². The second kappa shape index (κ2) is 7.20. The molecule has 0 amide bonds. The Morgan fingerprint density at radius 3 is 2.52 bits per heavy atom. The van der Waals surface area contributed by atoms with E-state index in [4.69, 9.17) is 0 Å². The minimum absolute atomic E-state index is 0.287. The van der Waals surface area contributed by atoms with Gasteiger partial charge in [-0.15, -0.1) is 0 Å². The smallest absolute Gasteiger partial charge is 0.154 e. The van der Waals surface area contributed by atoms with Gasteiger partial charge in [0, 0.05) is 16.8 Å². The third kappa shape index (κ3) is 4.76. The normalized spacial score (nSPS) is 14.2. The monoisotopic (exact) mass is 379 g/mol. The Morgan fingerprint density at radius 1 is 1.38 bits per heavy atom. The Kier molecular flexibility index (Phi) is 6.37. The van der Waals surface area contributed by atoms with E-state index < -0.39 is 14.6 Å². The number of benzene rings is 1. The van der Waals surface area contributed by atoms with Crippen molar-refractivity contribution < 1.29 is 12.8 Å². The van der Waals surface area contributed by atoms with E-state index in [-0.39, 0.29) is 11.9 Å². The highest BCUT2D eigenvalue weighted by Crippen LogP contribution is 2.26. The predicted molar refractivity (Wildman–Crippen MR) is 88.8 cm³/mol. The van der Waals surface area contributed by atoms with Crippen LogP contribution in [0.2, 0.25) is 0 Å². The van der Waals surface area contributed by atoms with Gasteiger partial charge in [-0.2, -0.15) is 0 Å². The number of halogens is 2. The van der Waals surface area contributed by atoms with E-state index in [0.717, 1.165) is 23.0 Å². The van der Waals surface area contributed by atoms with Crippen LogP contribution in [0.1, 0.15) is 32.8 Å². The summed E-state index contributed by atoms with van der Waals surface area (Å²) < 4.78 is 37.4. The van der Waals surface area contributed by atoms with Gasteiger partial charge >= 0.3 is 0 Å². The molecular formula is C15H23BrFNO2S. The lowest BCUT2D eigenvalue weighted by atomic mass is 9.95. The second-order valence-corrected chi connectivity index (χ2v) is 9.27. The molecule has 0 saturated carbocycles. The minimum atomic E-state index is -3.25. The van der Waals surface area contributed by atoms with E-state index in [2.05, 4.69) is 21.2 Å². The summed E-state index contributed by atoms with van der Waals surface area (Å²) in [6.45, 7) is 6.16. The molecule has 1 aromatic rings. The van der Waals surface area contributed by atoms with Crippen molar-refractivity contribution >= 4 is 25.8 Å². The van der Waals surface area contributed by atoms with Crippen molar-refractivity contribution in [1.29, 1.82) is 0 Å².